The molecule has 0 aromatic carbocycles. The highest BCUT2D eigenvalue weighted by atomic mass is 16.2. The van der Waals surface area contributed by atoms with E-state index >= 15 is 0 Å². The number of nitrogens with one attached hydrogen (secondary N) is 4. The monoisotopic (exact) mass is 344 g/mol. The first-order valence-corrected chi connectivity index (χ1v) is 7.14. The highest BCUT2D eigenvalue weighted by molar-refractivity contribution is 6.24. The molecule has 13 nitrogen and oxygen atoms in total. The molecule has 1 fully saturated rings. The summed E-state index contributed by atoms with van der Waals surface area (Å²) >= 11 is 0. The fraction of sp³-hybridized carbons (Fsp3) is 0.250. The van der Waals surface area contributed by atoms with E-state index in [1.165, 1.54) is 15.7 Å². The molecule has 2 aliphatic rings. The number of hydrogen-bond donors (Lipinski definition) is 4. The third-order valence-corrected chi connectivity index (χ3v) is 3.66. The van der Waals surface area contributed by atoms with Crippen LogP contribution in [0.1, 0.15) is 11.4 Å². The Morgan fingerprint density at radius 1 is 1.12 bits per heavy atom. The van der Waals surface area contributed by atoms with Crippen molar-refractivity contribution < 1.29 is 14.4 Å². The molecule has 2 aliphatic heterocycles. The Labute approximate surface area is 139 Å². The van der Waals surface area contributed by atoms with Crippen LogP contribution in [0.4, 0.5) is 10.7 Å². The summed E-state index contributed by atoms with van der Waals surface area (Å²) in [5, 5.41) is 18.5. The number of aryl methyl sites for hydroxylation is 2. The minimum Gasteiger partial charge on any atom is -0.313 e. The number of rotatable bonds is 0. The number of imide groups is 2. The van der Waals surface area contributed by atoms with Gasteiger partial charge >= 0.3 is 6.03 Å². The number of barbiturate groups is 1. The average Bonchev–Trinajstić information content (AvgIpc) is 3.05. The topological polar surface area (TPSA) is 160 Å². The number of aliphatic imine (C=N–C) groups is 1. The molecule has 2 aromatic rings. The number of aromatic nitrogens is 5. The zero-order valence-electron chi connectivity index (χ0n) is 13.1. The first-order valence-electron chi connectivity index (χ1n) is 7.14. The van der Waals surface area contributed by atoms with Crippen molar-refractivity contribution in [1.82, 2.24) is 35.3 Å². The SMILES string of the molecule is Cc1cc(C)n(C2=NC3(Nc4nncn4N2)C(=O)NC(=O)NC3=O)n1. The van der Waals surface area contributed by atoms with Crippen LogP contribution in [0.2, 0.25) is 0 Å². The van der Waals surface area contributed by atoms with Crippen LogP contribution in [0.5, 0.6) is 0 Å². The number of hydrogen-bond acceptors (Lipinski definition) is 9. The van der Waals surface area contributed by atoms with Crippen LogP contribution in [-0.4, -0.2) is 54.1 Å². The number of nitrogens with zero attached hydrogens (tertiary/aromatic N) is 6. The van der Waals surface area contributed by atoms with E-state index in [1.54, 1.807) is 19.9 Å². The molecule has 4 heterocycles. The number of carbonyl (C=O) groups excluding carboxylic acids is 3. The molecule has 0 atom stereocenters. The predicted molar refractivity (Wildman–Crippen MR) is 82.0 cm³/mol. The van der Waals surface area contributed by atoms with Gasteiger partial charge in [-0.3, -0.25) is 25.6 Å². The minimum absolute atomic E-state index is 0.0555. The first-order chi connectivity index (χ1) is 11.9. The van der Waals surface area contributed by atoms with Gasteiger partial charge in [0.15, 0.2) is 0 Å². The smallest absolute Gasteiger partial charge is 0.313 e. The predicted octanol–water partition coefficient (Wildman–Crippen LogP) is -1.97. The van der Waals surface area contributed by atoms with Gasteiger partial charge in [-0.2, -0.15) is 5.10 Å². The Bertz CT molecular complexity index is 934. The van der Waals surface area contributed by atoms with Gasteiger partial charge in [-0.05, 0) is 19.9 Å². The second-order valence-electron chi connectivity index (χ2n) is 5.48. The quantitative estimate of drug-likeness (QED) is 0.400. The van der Waals surface area contributed by atoms with Crippen LogP contribution in [0.15, 0.2) is 17.4 Å². The summed E-state index contributed by atoms with van der Waals surface area (Å²) < 4.78 is 2.76. The summed E-state index contributed by atoms with van der Waals surface area (Å²) in [6, 6.07) is 0.872. The summed E-state index contributed by atoms with van der Waals surface area (Å²) in [4.78, 5) is 40.6. The lowest BCUT2D eigenvalue weighted by Gasteiger charge is -2.29. The Morgan fingerprint density at radius 3 is 2.48 bits per heavy atom. The van der Waals surface area contributed by atoms with E-state index in [-0.39, 0.29) is 11.9 Å². The summed E-state index contributed by atoms with van der Waals surface area (Å²) in [5.41, 5.74) is 2.14. The normalized spacial score (nSPS) is 18.5. The van der Waals surface area contributed by atoms with Crippen molar-refractivity contribution in [1.29, 1.82) is 0 Å². The molecule has 0 radical (unpaired) electrons. The second-order valence-corrected chi connectivity index (χ2v) is 5.48. The molecular weight excluding hydrogens is 332 g/mol. The highest BCUT2D eigenvalue weighted by Crippen LogP contribution is 2.21. The highest BCUT2D eigenvalue weighted by Gasteiger charge is 2.53. The molecule has 4 N–H and O–H groups in total. The van der Waals surface area contributed by atoms with Gasteiger partial charge in [-0.15, -0.1) is 10.2 Å². The van der Waals surface area contributed by atoms with Crippen LogP contribution >= 0.6 is 0 Å². The molecule has 0 aliphatic carbocycles. The van der Waals surface area contributed by atoms with Gasteiger partial charge in [0.25, 0.3) is 17.5 Å². The van der Waals surface area contributed by atoms with E-state index in [2.05, 4.69) is 31.0 Å². The molecule has 1 saturated heterocycles. The van der Waals surface area contributed by atoms with E-state index in [4.69, 9.17) is 0 Å². The molecule has 4 amide bonds. The second kappa shape index (κ2) is 4.86. The largest absolute Gasteiger partial charge is 0.328 e. The van der Waals surface area contributed by atoms with E-state index in [0.29, 0.717) is 11.4 Å². The fourth-order valence-corrected chi connectivity index (χ4v) is 2.56. The third kappa shape index (κ3) is 2.13. The van der Waals surface area contributed by atoms with E-state index in [9.17, 15) is 14.4 Å². The van der Waals surface area contributed by atoms with Gasteiger partial charge < -0.3 is 5.32 Å². The van der Waals surface area contributed by atoms with Crippen molar-refractivity contribution in [2.24, 2.45) is 4.99 Å². The van der Waals surface area contributed by atoms with Crippen molar-refractivity contribution in [2.75, 3.05) is 10.7 Å². The molecular formula is C12H12N10O3. The number of amides is 4. The molecule has 0 bridgehead atoms. The lowest BCUT2D eigenvalue weighted by atomic mass is 10.1. The van der Waals surface area contributed by atoms with Gasteiger partial charge in [0, 0.05) is 5.69 Å². The molecule has 0 saturated carbocycles. The van der Waals surface area contributed by atoms with Gasteiger partial charge in [-0.1, -0.05) is 0 Å². The zero-order valence-corrected chi connectivity index (χ0v) is 13.1. The number of anilines is 1. The first kappa shape index (κ1) is 14.8. The fourth-order valence-electron chi connectivity index (χ4n) is 2.56. The summed E-state index contributed by atoms with van der Waals surface area (Å²) in [7, 11) is 0. The lowest BCUT2D eigenvalue weighted by Crippen LogP contribution is -2.69. The van der Waals surface area contributed by atoms with E-state index < -0.39 is 23.5 Å². The maximum Gasteiger partial charge on any atom is 0.328 e. The zero-order chi connectivity index (χ0) is 17.8. The van der Waals surface area contributed by atoms with Gasteiger partial charge in [0.2, 0.25) is 11.9 Å². The van der Waals surface area contributed by atoms with Crippen molar-refractivity contribution in [3.63, 3.8) is 0 Å². The average molecular weight is 344 g/mol. The lowest BCUT2D eigenvalue weighted by molar-refractivity contribution is -0.136. The van der Waals surface area contributed by atoms with Gasteiger partial charge in [-0.25, -0.2) is 19.1 Å². The Hall–Kier alpha value is -3.77. The third-order valence-electron chi connectivity index (χ3n) is 3.66. The summed E-state index contributed by atoms with van der Waals surface area (Å²) in [5.74, 6) is -1.77. The molecule has 0 unspecified atom stereocenters. The van der Waals surface area contributed by atoms with Crippen LogP contribution in [0.3, 0.4) is 0 Å². The Kier molecular flexibility index (Phi) is 2.88. The van der Waals surface area contributed by atoms with Crippen molar-refractivity contribution in [3.8, 4) is 0 Å². The summed E-state index contributed by atoms with van der Waals surface area (Å²) in [6.07, 6.45) is 1.33. The van der Waals surface area contributed by atoms with Crippen LogP contribution in [-0.2, 0) is 9.59 Å². The van der Waals surface area contributed by atoms with Gasteiger partial charge in [0.05, 0.1) is 5.69 Å². The maximum absolute atomic E-state index is 12.5. The Morgan fingerprint density at radius 2 is 1.84 bits per heavy atom. The molecule has 2 aromatic heterocycles. The number of urea groups is 1. The number of fused-ring (bicyclic) bond motifs is 1. The van der Waals surface area contributed by atoms with E-state index in [1.807, 2.05) is 10.6 Å². The molecule has 4 rings (SSSR count). The molecule has 128 valence electrons. The van der Waals surface area contributed by atoms with Crippen LogP contribution in [0, 0.1) is 13.8 Å². The van der Waals surface area contributed by atoms with Crippen molar-refractivity contribution in [3.05, 3.63) is 23.8 Å². The number of carbonyl (C=O) groups is 3. The molecule has 25 heavy (non-hydrogen) atoms. The molecule has 13 heteroatoms. The van der Waals surface area contributed by atoms with Crippen molar-refractivity contribution in [2.45, 2.75) is 19.5 Å². The standard InChI is InChI=1S/C12H12N10O3/c1-5-3-6(2)22(19-5)10-17-12(7(23)14-11(25)15-8(12)24)16-9-18-13-4-21(9)20-10/h3-4H,1-2H3,(H,16,18)(H,17,20)(H2,14,15,23,24,25). The van der Waals surface area contributed by atoms with Gasteiger partial charge in [0.1, 0.15) is 6.33 Å². The van der Waals surface area contributed by atoms with Crippen LogP contribution in [0.25, 0.3) is 0 Å². The van der Waals surface area contributed by atoms with Crippen molar-refractivity contribution >= 4 is 29.8 Å². The van der Waals surface area contributed by atoms with Crippen LogP contribution < -0.4 is 21.4 Å². The summed E-state index contributed by atoms with van der Waals surface area (Å²) in [6.45, 7) is 3.57. The maximum atomic E-state index is 12.5. The van der Waals surface area contributed by atoms with E-state index in [0.717, 1.165) is 0 Å². The Balaban J connectivity index is 1.92. The molecule has 1 spiro atoms. The minimum atomic E-state index is -2.15.